The van der Waals surface area contributed by atoms with Crippen molar-refractivity contribution in [1.82, 2.24) is 4.72 Å². The Morgan fingerprint density at radius 2 is 2.13 bits per heavy atom. The van der Waals surface area contributed by atoms with E-state index in [-0.39, 0.29) is 16.9 Å². The summed E-state index contributed by atoms with van der Waals surface area (Å²) in [6, 6.07) is 3.56. The van der Waals surface area contributed by atoms with Crippen molar-refractivity contribution in [3.63, 3.8) is 0 Å². The second-order valence-corrected chi connectivity index (χ2v) is 7.97. The third kappa shape index (κ3) is 4.46. The molecule has 1 saturated heterocycles. The van der Waals surface area contributed by atoms with Crippen molar-refractivity contribution in [2.24, 2.45) is 0 Å². The van der Waals surface area contributed by atoms with Gasteiger partial charge in [-0.2, -0.15) is 0 Å². The minimum Gasteiger partial charge on any atom is -0.492 e. The van der Waals surface area contributed by atoms with E-state index >= 15 is 0 Å². The summed E-state index contributed by atoms with van der Waals surface area (Å²) in [5, 5.41) is 0. The Balaban J connectivity index is 2.31. The summed E-state index contributed by atoms with van der Waals surface area (Å²) < 4.78 is 39.2. The van der Waals surface area contributed by atoms with Gasteiger partial charge in [-0.3, -0.25) is 0 Å². The van der Waals surface area contributed by atoms with E-state index in [1.807, 2.05) is 19.9 Å². The van der Waals surface area contributed by atoms with Crippen LogP contribution in [0.15, 0.2) is 17.0 Å². The van der Waals surface area contributed by atoms with E-state index in [0.717, 1.165) is 24.0 Å². The van der Waals surface area contributed by atoms with Gasteiger partial charge in [0.25, 0.3) is 0 Å². The lowest BCUT2D eigenvalue weighted by Crippen LogP contribution is -2.32. The molecule has 1 aromatic rings. The molecule has 1 aliphatic heterocycles. The first-order valence-corrected chi connectivity index (χ1v) is 9.72. The monoisotopic (exact) mass is 341 g/mol. The second-order valence-electron chi connectivity index (χ2n) is 6.23. The SMILES string of the molecule is CCOc1cc(C)c(C(C)C)cc1S(=O)(=O)NC[C@@H]1CCCO1. The number of ether oxygens (including phenoxy) is 2. The number of nitrogens with one attached hydrogen (secondary N) is 1. The van der Waals surface area contributed by atoms with Gasteiger partial charge >= 0.3 is 0 Å². The van der Waals surface area contributed by atoms with Crippen LogP contribution in [0.3, 0.4) is 0 Å². The molecule has 0 radical (unpaired) electrons. The van der Waals surface area contributed by atoms with Crippen LogP contribution in [0, 0.1) is 6.92 Å². The molecular weight excluding hydrogens is 314 g/mol. The lowest BCUT2D eigenvalue weighted by molar-refractivity contribution is 0.114. The van der Waals surface area contributed by atoms with Crippen molar-refractivity contribution in [1.29, 1.82) is 0 Å². The predicted octanol–water partition coefficient (Wildman–Crippen LogP) is 2.97. The first-order valence-electron chi connectivity index (χ1n) is 8.23. The van der Waals surface area contributed by atoms with Gasteiger partial charge in [0.1, 0.15) is 10.6 Å². The van der Waals surface area contributed by atoms with Gasteiger partial charge in [-0.25, -0.2) is 13.1 Å². The molecular formula is C17H27NO4S. The van der Waals surface area contributed by atoms with Crippen LogP contribution in [0.4, 0.5) is 0 Å². The average Bonchev–Trinajstić information content (AvgIpc) is 2.98. The highest BCUT2D eigenvalue weighted by Crippen LogP contribution is 2.31. The summed E-state index contributed by atoms with van der Waals surface area (Å²) in [5.74, 6) is 0.659. The number of aryl methyl sites for hydroxylation is 1. The summed E-state index contributed by atoms with van der Waals surface area (Å²) >= 11 is 0. The van der Waals surface area contributed by atoms with Crippen LogP contribution in [-0.4, -0.2) is 34.3 Å². The molecule has 0 saturated carbocycles. The maximum Gasteiger partial charge on any atom is 0.244 e. The van der Waals surface area contributed by atoms with E-state index in [1.165, 1.54) is 0 Å². The minimum atomic E-state index is -3.63. The van der Waals surface area contributed by atoms with Crippen molar-refractivity contribution < 1.29 is 17.9 Å². The summed E-state index contributed by atoms with van der Waals surface area (Å²) in [5.41, 5.74) is 2.06. The third-order valence-electron chi connectivity index (χ3n) is 4.07. The molecule has 6 heteroatoms. The smallest absolute Gasteiger partial charge is 0.244 e. The molecule has 0 spiro atoms. The minimum absolute atomic E-state index is 0.0321. The number of benzene rings is 1. The number of hydrogen-bond acceptors (Lipinski definition) is 4. The van der Waals surface area contributed by atoms with Crippen molar-refractivity contribution in [2.45, 2.75) is 57.5 Å². The first-order chi connectivity index (χ1) is 10.8. The lowest BCUT2D eigenvalue weighted by Gasteiger charge is -2.18. The lowest BCUT2D eigenvalue weighted by atomic mass is 9.98. The Morgan fingerprint density at radius 3 is 2.70 bits per heavy atom. The van der Waals surface area contributed by atoms with E-state index < -0.39 is 10.0 Å². The molecule has 5 nitrogen and oxygen atoms in total. The quantitative estimate of drug-likeness (QED) is 0.828. The molecule has 23 heavy (non-hydrogen) atoms. The molecule has 0 bridgehead atoms. The Kier molecular flexibility index (Phi) is 6.06. The zero-order chi connectivity index (χ0) is 17.0. The van der Waals surface area contributed by atoms with E-state index in [4.69, 9.17) is 9.47 Å². The molecule has 0 amide bonds. The van der Waals surface area contributed by atoms with Crippen molar-refractivity contribution >= 4 is 10.0 Å². The molecule has 1 aromatic carbocycles. The van der Waals surface area contributed by atoms with Gasteiger partial charge in [0, 0.05) is 13.2 Å². The zero-order valence-corrected chi connectivity index (χ0v) is 15.2. The second kappa shape index (κ2) is 7.64. The molecule has 1 N–H and O–H groups in total. The number of sulfonamides is 1. The Bertz CT molecular complexity index is 634. The number of rotatable bonds is 7. The highest BCUT2D eigenvalue weighted by Gasteiger charge is 2.24. The average molecular weight is 341 g/mol. The summed E-state index contributed by atoms with van der Waals surface area (Å²) in [7, 11) is -3.63. The fraction of sp³-hybridized carbons (Fsp3) is 0.647. The predicted molar refractivity (Wildman–Crippen MR) is 90.6 cm³/mol. The fourth-order valence-corrected chi connectivity index (χ4v) is 4.09. The van der Waals surface area contributed by atoms with Gasteiger partial charge in [-0.15, -0.1) is 0 Å². The molecule has 0 unspecified atom stereocenters. The molecule has 1 heterocycles. The first kappa shape index (κ1) is 18.2. The maximum absolute atomic E-state index is 12.7. The topological polar surface area (TPSA) is 64.6 Å². The standard InChI is InChI=1S/C17H27NO4S/c1-5-21-16-9-13(4)15(12(2)3)10-17(16)23(19,20)18-11-14-7-6-8-22-14/h9-10,12,14,18H,5-8,11H2,1-4H3/t14-/m0/s1. The van der Waals surface area contributed by atoms with E-state index in [9.17, 15) is 8.42 Å². The Labute approximate surface area is 139 Å². The zero-order valence-electron chi connectivity index (χ0n) is 14.4. The van der Waals surface area contributed by atoms with E-state index in [1.54, 1.807) is 6.07 Å². The van der Waals surface area contributed by atoms with Crippen LogP contribution >= 0.6 is 0 Å². The van der Waals surface area contributed by atoms with Crippen LogP contribution in [0.25, 0.3) is 0 Å². The Morgan fingerprint density at radius 1 is 1.39 bits per heavy atom. The van der Waals surface area contributed by atoms with Crippen LogP contribution in [0.1, 0.15) is 50.7 Å². The van der Waals surface area contributed by atoms with Crippen molar-refractivity contribution in [3.8, 4) is 5.75 Å². The maximum atomic E-state index is 12.7. The van der Waals surface area contributed by atoms with Crippen LogP contribution in [-0.2, 0) is 14.8 Å². The van der Waals surface area contributed by atoms with Gasteiger partial charge in [-0.1, -0.05) is 13.8 Å². The Hall–Kier alpha value is -1.11. The van der Waals surface area contributed by atoms with Crippen molar-refractivity contribution in [3.05, 3.63) is 23.3 Å². The van der Waals surface area contributed by atoms with Gasteiger partial charge in [0.2, 0.25) is 10.0 Å². The normalized spacial score (nSPS) is 18.6. The number of hydrogen-bond donors (Lipinski definition) is 1. The molecule has 1 aliphatic rings. The third-order valence-corrected chi connectivity index (χ3v) is 5.51. The molecule has 130 valence electrons. The molecule has 0 aliphatic carbocycles. The van der Waals surface area contributed by atoms with Gasteiger partial charge < -0.3 is 9.47 Å². The molecule has 2 rings (SSSR count). The van der Waals surface area contributed by atoms with Gasteiger partial charge in [-0.05, 0) is 55.9 Å². The summed E-state index contributed by atoms with van der Waals surface area (Å²) in [6.07, 6.45) is 1.85. The van der Waals surface area contributed by atoms with Gasteiger partial charge in [0.15, 0.2) is 0 Å². The largest absolute Gasteiger partial charge is 0.492 e. The molecule has 1 fully saturated rings. The van der Waals surface area contributed by atoms with E-state index in [2.05, 4.69) is 18.6 Å². The summed E-state index contributed by atoms with van der Waals surface area (Å²) in [4.78, 5) is 0.214. The molecule has 1 atom stereocenters. The highest BCUT2D eigenvalue weighted by molar-refractivity contribution is 7.89. The van der Waals surface area contributed by atoms with Crippen LogP contribution in [0.2, 0.25) is 0 Å². The van der Waals surface area contributed by atoms with E-state index in [0.29, 0.717) is 25.5 Å². The fourth-order valence-electron chi connectivity index (χ4n) is 2.86. The van der Waals surface area contributed by atoms with Crippen molar-refractivity contribution in [2.75, 3.05) is 19.8 Å². The van der Waals surface area contributed by atoms with Crippen LogP contribution < -0.4 is 9.46 Å². The molecule has 0 aromatic heterocycles. The van der Waals surface area contributed by atoms with Gasteiger partial charge in [0.05, 0.1) is 12.7 Å². The van der Waals surface area contributed by atoms with Crippen LogP contribution in [0.5, 0.6) is 5.75 Å². The highest BCUT2D eigenvalue weighted by atomic mass is 32.2. The summed E-state index contributed by atoms with van der Waals surface area (Å²) in [6.45, 7) is 9.37.